The number of carbonyl (C=O) groups excluding carboxylic acids is 2. The van der Waals surface area contributed by atoms with Crippen molar-refractivity contribution in [1.82, 2.24) is 4.90 Å². The van der Waals surface area contributed by atoms with Crippen molar-refractivity contribution in [2.45, 2.75) is 110 Å². The number of hydrogen-bond acceptors (Lipinski definition) is 4. The predicted molar refractivity (Wildman–Crippen MR) is 111 cm³/mol. The fourth-order valence-electron chi connectivity index (χ4n) is 3.49. The summed E-state index contributed by atoms with van der Waals surface area (Å²) in [5.41, 5.74) is 0. The molecule has 0 saturated heterocycles. The Morgan fingerprint density at radius 3 is 1.75 bits per heavy atom. The van der Waals surface area contributed by atoms with Crippen molar-refractivity contribution >= 4 is 19.8 Å². The van der Waals surface area contributed by atoms with Gasteiger partial charge in [-0.15, -0.1) is 0 Å². The molecule has 0 rings (SSSR count). The zero-order valence-electron chi connectivity index (χ0n) is 18.0. The second-order valence-electron chi connectivity index (χ2n) is 7.38. The molecule has 1 amide bonds. The van der Waals surface area contributed by atoms with Crippen molar-refractivity contribution in [2.75, 3.05) is 6.35 Å². The molecule has 0 aliphatic carbocycles. The van der Waals surface area contributed by atoms with Gasteiger partial charge in [0.1, 0.15) is 6.35 Å². The monoisotopic (exact) mass is 421 g/mol. The van der Waals surface area contributed by atoms with E-state index in [1.165, 1.54) is 0 Å². The lowest BCUT2D eigenvalue weighted by Gasteiger charge is -2.39. The first kappa shape index (κ1) is 27.2. The lowest BCUT2D eigenvalue weighted by molar-refractivity contribution is -0.151. The van der Waals surface area contributed by atoms with Gasteiger partial charge in [0.25, 0.3) is 5.91 Å². The van der Waals surface area contributed by atoms with Gasteiger partial charge >= 0.3 is 7.60 Å². The van der Waals surface area contributed by atoms with Gasteiger partial charge in [-0.3, -0.25) is 14.2 Å². The van der Waals surface area contributed by atoms with E-state index in [1.54, 1.807) is 4.90 Å². The molecule has 0 aromatic rings. The number of amides is 1. The standard InChI is InChI=1S/C20H40NO6P/c1-5-9-11-13-17(7-3)21(18(8-4)14-12-10-6-2)20(23)19(15-22)27-16-28(24,25)26/h15,17-19H,5-14,16H2,1-4H3,(H2,24,25,26). The second kappa shape index (κ2) is 15.1. The highest BCUT2D eigenvalue weighted by Gasteiger charge is 2.34. The van der Waals surface area contributed by atoms with E-state index in [2.05, 4.69) is 13.8 Å². The largest absolute Gasteiger partial charge is 0.351 e. The molecular formula is C20H40NO6P. The van der Waals surface area contributed by atoms with E-state index in [-0.39, 0.29) is 12.1 Å². The van der Waals surface area contributed by atoms with E-state index in [0.29, 0.717) is 6.29 Å². The zero-order valence-corrected chi connectivity index (χ0v) is 18.9. The number of unbranched alkanes of at least 4 members (excludes halogenated alkanes) is 4. The summed E-state index contributed by atoms with van der Waals surface area (Å²) in [6.45, 7) is 8.31. The Morgan fingerprint density at radius 1 is 0.964 bits per heavy atom. The average Bonchev–Trinajstić information content (AvgIpc) is 2.65. The molecule has 0 heterocycles. The van der Waals surface area contributed by atoms with Crippen molar-refractivity contribution in [3.63, 3.8) is 0 Å². The molecule has 7 nitrogen and oxygen atoms in total. The average molecular weight is 422 g/mol. The van der Waals surface area contributed by atoms with Gasteiger partial charge in [-0.05, 0) is 25.7 Å². The van der Waals surface area contributed by atoms with Crippen LogP contribution < -0.4 is 0 Å². The van der Waals surface area contributed by atoms with Crippen LogP contribution in [0.25, 0.3) is 0 Å². The minimum absolute atomic E-state index is 0.00765. The van der Waals surface area contributed by atoms with Crippen LogP contribution in [0.2, 0.25) is 0 Å². The lowest BCUT2D eigenvalue weighted by Crippen LogP contribution is -2.52. The van der Waals surface area contributed by atoms with Gasteiger partial charge in [-0.25, -0.2) is 0 Å². The maximum atomic E-state index is 13.2. The van der Waals surface area contributed by atoms with Crippen LogP contribution in [-0.4, -0.2) is 51.4 Å². The highest BCUT2D eigenvalue weighted by molar-refractivity contribution is 7.51. The smallest absolute Gasteiger partial charge is 0.348 e. The summed E-state index contributed by atoms with van der Waals surface area (Å²) in [7, 11) is -4.46. The molecule has 0 radical (unpaired) electrons. The SMILES string of the molecule is CCCCCC(CC)N(C(=O)C(C=O)OCP(=O)(O)O)C(CC)CCCCC. The minimum Gasteiger partial charge on any atom is -0.348 e. The summed E-state index contributed by atoms with van der Waals surface area (Å²) in [5, 5.41) is 0. The molecule has 3 unspecified atom stereocenters. The first-order chi connectivity index (χ1) is 13.2. The Labute approximate surface area is 170 Å². The second-order valence-corrected chi connectivity index (χ2v) is 8.97. The molecular weight excluding hydrogens is 381 g/mol. The maximum Gasteiger partial charge on any atom is 0.351 e. The van der Waals surface area contributed by atoms with Crippen LogP contribution in [0.5, 0.6) is 0 Å². The molecule has 2 N–H and O–H groups in total. The first-order valence-corrected chi connectivity index (χ1v) is 12.5. The number of rotatable bonds is 17. The molecule has 0 aromatic carbocycles. The third-order valence-corrected chi connectivity index (χ3v) is 5.54. The third-order valence-electron chi connectivity index (χ3n) is 5.05. The summed E-state index contributed by atoms with van der Waals surface area (Å²) >= 11 is 0. The molecule has 0 aliphatic heterocycles. The third kappa shape index (κ3) is 10.7. The van der Waals surface area contributed by atoms with Gasteiger partial charge in [-0.2, -0.15) is 0 Å². The Bertz CT molecular complexity index is 463. The summed E-state index contributed by atoms with van der Waals surface area (Å²) in [4.78, 5) is 44.5. The summed E-state index contributed by atoms with van der Waals surface area (Å²) in [5.74, 6) is -0.477. The molecule has 0 bridgehead atoms. The Balaban J connectivity index is 5.51. The van der Waals surface area contributed by atoms with Gasteiger partial charge in [-0.1, -0.05) is 66.2 Å². The molecule has 0 saturated carbocycles. The van der Waals surface area contributed by atoms with Crippen LogP contribution in [0, 0.1) is 0 Å². The topological polar surface area (TPSA) is 104 Å². The fourth-order valence-corrected chi connectivity index (χ4v) is 3.85. The summed E-state index contributed by atoms with van der Waals surface area (Å²) < 4.78 is 16.1. The van der Waals surface area contributed by atoms with Crippen molar-refractivity contribution in [3.8, 4) is 0 Å². The molecule has 0 aliphatic rings. The van der Waals surface area contributed by atoms with Crippen LogP contribution in [0.4, 0.5) is 0 Å². The molecule has 166 valence electrons. The van der Waals surface area contributed by atoms with Crippen molar-refractivity contribution in [1.29, 1.82) is 0 Å². The van der Waals surface area contributed by atoms with Crippen LogP contribution in [-0.2, 0) is 18.9 Å². The lowest BCUT2D eigenvalue weighted by atomic mass is 9.97. The van der Waals surface area contributed by atoms with Crippen LogP contribution in [0.15, 0.2) is 0 Å². The normalized spacial score (nSPS) is 15.1. The summed E-state index contributed by atoms with van der Waals surface area (Å²) in [6.07, 6.45) is 7.50. The maximum absolute atomic E-state index is 13.2. The Kier molecular flexibility index (Phi) is 14.7. The van der Waals surface area contributed by atoms with E-state index >= 15 is 0 Å². The highest BCUT2D eigenvalue weighted by Crippen LogP contribution is 2.34. The van der Waals surface area contributed by atoms with E-state index in [4.69, 9.17) is 14.5 Å². The molecule has 0 fully saturated rings. The van der Waals surface area contributed by atoms with Crippen LogP contribution in [0.3, 0.4) is 0 Å². The highest BCUT2D eigenvalue weighted by atomic mass is 31.2. The molecule has 8 heteroatoms. The molecule has 28 heavy (non-hydrogen) atoms. The van der Waals surface area contributed by atoms with Gasteiger partial charge in [0.15, 0.2) is 12.4 Å². The van der Waals surface area contributed by atoms with E-state index in [1.807, 2.05) is 13.8 Å². The number of aldehydes is 1. The first-order valence-electron chi connectivity index (χ1n) is 10.7. The molecule has 3 atom stereocenters. The predicted octanol–water partition coefficient (Wildman–Crippen LogP) is 4.25. The van der Waals surface area contributed by atoms with Crippen molar-refractivity contribution in [2.24, 2.45) is 0 Å². The number of carbonyl (C=O) groups is 2. The Hall–Kier alpha value is -0.750. The Morgan fingerprint density at radius 2 is 1.43 bits per heavy atom. The van der Waals surface area contributed by atoms with Crippen molar-refractivity contribution < 1.29 is 28.7 Å². The van der Waals surface area contributed by atoms with Gasteiger partial charge in [0.05, 0.1) is 0 Å². The van der Waals surface area contributed by atoms with Gasteiger partial charge < -0.3 is 19.4 Å². The zero-order chi connectivity index (χ0) is 21.6. The van der Waals surface area contributed by atoms with E-state index in [0.717, 1.165) is 64.2 Å². The van der Waals surface area contributed by atoms with Gasteiger partial charge in [0, 0.05) is 12.1 Å². The van der Waals surface area contributed by atoms with Crippen molar-refractivity contribution in [3.05, 3.63) is 0 Å². The molecule has 0 spiro atoms. The molecule has 0 aromatic heterocycles. The number of ether oxygens (including phenoxy) is 1. The van der Waals surface area contributed by atoms with Crippen LogP contribution in [0.1, 0.15) is 91.9 Å². The van der Waals surface area contributed by atoms with E-state index in [9.17, 15) is 14.2 Å². The van der Waals surface area contributed by atoms with Crippen LogP contribution >= 0.6 is 7.60 Å². The van der Waals surface area contributed by atoms with E-state index < -0.39 is 26.0 Å². The minimum atomic E-state index is -4.46. The fraction of sp³-hybridized carbons (Fsp3) is 0.900. The number of nitrogens with zero attached hydrogens (tertiary/aromatic N) is 1. The number of hydrogen-bond donors (Lipinski definition) is 2. The quantitative estimate of drug-likeness (QED) is 0.157. The van der Waals surface area contributed by atoms with Gasteiger partial charge in [0.2, 0.25) is 0 Å². The summed E-state index contributed by atoms with van der Waals surface area (Å²) in [6, 6.07) is -0.0153.